The summed E-state index contributed by atoms with van der Waals surface area (Å²) < 4.78 is 0. The molecule has 0 saturated heterocycles. The Kier molecular flexibility index (Phi) is 3.29. The number of carbonyl (C=O) groups is 1. The number of nitrogens with one attached hydrogen (secondary N) is 1. The lowest BCUT2D eigenvalue weighted by atomic mass is 10.1. The largest absolute Gasteiger partial charge is 0.343 e. The third kappa shape index (κ3) is 2.81. The molecule has 3 rings (SSSR count). The van der Waals surface area contributed by atoms with Gasteiger partial charge in [0.05, 0.1) is 23.4 Å². The second-order valence-corrected chi connectivity index (χ2v) is 5.74. The zero-order valence-electron chi connectivity index (χ0n) is 10.7. The average molecular weight is 273 g/mol. The van der Waals surface area contributed by atoms with Gasteiger partial charge in [-0.05, 0) is 37.8 Å². The van der Waals surface area contributed by atoms with Gasteiger partial charge in [-0.2, -0.15) is 0 Å². The van der Waals surface area contributed by atoms with Crippen molar-refractivity contribution in [1.82, 2.24) is 15.3 Å². The predicted molar refractivity (Wildman–Crippen MR) is 74.0 cm³/mol. The van der Waals surface area contributed by atoms with Crippen molar-refractivity contribution in [2.75, 3.05) is 0 Å². The maximum Gasteiger partial charge on any atom is 0.263 e. The topological polar surface area (TPSA) is 54.9 Å². The normalized spacial score (nSPS) is 16.1. The molecule has 1 unspecified atom stereocenters. The van der Waals surface area contributed by atoms with Crippen molar-refractivity contribution in [1.29, 1.82) is 0 Å². The first kappa shape index (κ1) is 12.3. The third-order valence-electron chi connectivity index (χ3n) is 3.26. The number of pyridine rings is 1. The van der Waals surface area contributed by atoms with E-state index >= 15 is 0 Å². The number of thiazole rings is 1. The summed E-state index contributed by atoms with van der Waals surface area (Å²) >= 11 is 1.36. The molecule has 0 aromatic carbocycles. The van der Waals surface area contributed by atoms with Crippen LogP contribution in [0.3, 0.4) is 0 Å². The summed E-state index contributed by atoms with van der Waals surface area (Å²) in [6.45, 7) is 1.97. The van der Waals surface area contributed by atoms with Crippen LogP contribution in [0.25, 0.3) is 0 Å². The number of aromatic nitrogens is 2. The number of rotatable bonds is 4. The molecule has 0 aliphatic heterocycles. The van der Waals surface area contributed by atoms with Crippen LogP contribution in [0.1, 0.15) is 39.9 Å². The summed E-state index contributed by atoms with van der Waals surface area (Å²) in [7, 11) is 0. The van der Waals surface area contributed by atoms with Crippen LogP contribution < -0.4 is 5.32 Å². The number of nitrogens with zero attached hydrogens (tertiary/aromatic N) is 2. The first-order valence-electron chi connectivity index (χ1n) is 6.37. The minimum Gasteiger partial charge on any atom is -0.343 e. The Morgan fingerprint density at radius 2 is 2.32 bits per heavy atom. The van der Waals surface area contributed by atoms with Crippen molar-refractivity contribution >= 4 is 17.2 Å². The number of amides is 1. The van der Waals surface area contributed by atoms with E-state index in [4.69, 9.17) is 0 Å². The zero-order chi connectivity index (χ0) is 13.2. The maximum atomic E-state index is 12.1. The summed E-state index contributed by atoms with van der Waals surface area (Å²) in [6.07, 6.45) is 3.92. The number of aryl methyl sites for hydroxylation is 1. The Balaban J connectivity index is 1.80. The van der Waals surface area contributed by atoms with Gasteiger partial charge < -0.3 is 5.32 Å². The van der Waals surface area contributed by atoms with Crippen LogP contribution in [-0.4, -0.2) is 15.9 Å². The lowest BCUT2D eigenvalue weighted by Gasteiger charge is -2.17. The van der Waals surface area contributed by atoms with Gasteiger partial charge in [-0.1, -0.05) is 6.07 Å². The van der Waals surface area contributed by atoms with Crippen LogP contribution in [-0.2, 0) is 0 Å². The SMILES string of the molecule is Cc1cccc(C(NC(=O)c2cncs2)C2CC2)n1. The Labute approximate surface area is 115 Å². The summed E-state index contributed by atoms with van der Waals surface area (Å²) in [4.78, 5) is 21.3. The molecular formula is C14H15N3OS. The fraction of sp³-hybridized carbons (Fsp3) is 0.357. The molecule has 0 bridgehead atoms. The second kappa shape index (κ2) is 5.09. The van der Waals surface area contributed by atoms with Crippen LogP contribution in [0.15, 0.2) is 29.9 Å². The fourth-order valence-corrected chi connectivity index (χ4v) is 2.66. The van der Waals surface area contributed by atoms with E-state index < -0.39 is 0 Å². The molecule has 0 radical (unpaired) electrons. The monoisotopic (exact) mass is 273 g/mol. The van der Waals surface area contributed by atoms with E-state index in [0.717, 1.165) is 24.2 Å². The van der Waals surface area contributed by atoms with E-state index in [0.29, 0.717) is 10.8 Å². The van der Waals surface area contributed by atoms with Crippen molar-refractivity contribution in [2.24, 2.45) is 5.92 Å². The number of hydrogen-bond acceptors (Lipinski definition) is 4. The van der Waals surface area contributed by atoms with E-state index in [-0.39, 0.29) is 11.9 Å². The highest BCUT2D eigenvalue weighted by atomic mass is 32.1. The average Bonchev–Trinajstić information content (AvgIpc) is 3.09. The molecule has 4 nitrogen and oxygen atoms in total. The summed E-state index contributed by atoms with van der Waals surface area (Å²) in [5.74, 6) is 0.467. The highest BCUT2D eigenvalue weighted by Gasteiger charge is 2.34. The van der Waals surface area contributed by atoms with Gasteiger partial charge >= 0.3 is 0 Å². The first-order chi connectivity index (χ1) is 9.24. The lowest BCUT2D eigenvalue weighted by Crippen LogP contribution is -2.30. The van der Waals surface area contributed by atoms with Crippen molar-refractivity contribution in [3.8, 4) is 0 Å². The minimum absolute atomic E-state index is 0.0227. The second-order valence-electron chi connectivity index (χ2n) is 4.86. The molecule has 98 valence electrons. The molecule has 1 atom stereocenters. The molecule has 1 aliphatic rings. The fourth-order valence-electron chi connectivity index (χ4n) is 2.14. The van der Waals surface area contributed by atoms with Gasteiger partial charge in [0.25, 0.3) is 5.91 Å². The predicted octanol–water partition coefficient (Wildman–Crippen LogP) is 2.73. The van der Waals surface area contributed by atoms with Gasteiger partial charge in [0.1, 0.15) is 4.88 Å². The van der Waals surface area contributed by atoms with E-state index in [2.05, 4.69) is 15.3 Å². The van der Waals surface area contributed by atoms with Gasteiger partial charge in [-0.3, -0.25) is 14.8 Å². The van der Waals surface area contributed by atoms with E-state index in [1.807, 2.05) is 25.1 Å². The van der Waals surface area contributed by atoms with Gasteiger partial charge in [-0.15, -0.1) is 11.3 Å². The van der Waals surface area contributed by atoms with Crippen LogP contribution >= 0.6 is 11.3 Å². The zero-order valence-corrected chi connectivity index (χ0v) is 11.5. The van der Waals surface area contributed by atoms with Crippen LogP contribution in [0.2, 0.25) is 0 Å². The highest BCUT2D eigenvalue weighted by molar-refractivity contribution is 7.11. The quantitative estimate of drug-likeness (QED) is 0.932. The molecular weight excluding hydrogens is 258 g/mol. The Morgan fingerprint density at radius 3 is 2.95 bits per heavy atom. The van der Waals surface area contributed by atoms with Gasteiger partial charge in [0.2, 0.25) is 0 Å². The first-order valence-corrected chi connectivity index (χ1v) is 7.25. The lowest BCUT2D eigenvalue weighted by molar-refractivity contribution is 0.0934. The van der Waals surface area contributed by atoms with Crippen molar-refractivity contribution in [3.63, 3.8) is 0 Å². The van der Waals surface area contributed by atoms with Gasteiger partial charge in [0, 0.05) is 5.69 Å². The summed E-state index contributed by atoms with van der Waals surface area (Å²) in [5.41, 5.74) is 3.61. The van der Waals surface area contributed by atoms with Gasteiger partial charge in [0.15, 0.2) is 0 Å². The smallest absolute Gasteiger partial charge is 0.263 e. The Morgan fingerprint density at radius 1 is 1.47 bits per heavy atom. The Bertz CT molecular complexity index is 578. The van der Waals surface area contributed by atoms with Crippen LogP contribution in [0.5, 0.6) is 0 Å². The minimum atomic E-state index is -0.0530. The van der Waals surface area contributed by atoms with Crippen LogP contribution in [0, 0.1) is 12.8 Å². The number of carbonyl (C=O) groups excluding carboxylic acids is 1. The van der Waals surface area contributed by atoms with Crippen molar-refractivity contribution in [3.05, 3.63) is 46.2 Å². The molecule has 2 aromatic heterocycles. The molecule has 2 aromatic rings. The Hall–Kier alpha value is -1.75. The van der Waals surface area contributed by atoms with E-state index in [9.17, 15) is 4.79 Å². The third-order valence-corrected chi connectivity index (χ3v) is 4.04. The standard InChI is InChI=1S/C14H15N3OS/c1-9-3-2-4-11(16-9)13(10-5-6-10)17-14(18)12-7-15-8-19-12/h2-4,7-8,10,13H,5-6H2,1H3,(H,17,18). The molecule has 1 amide bonds. The molecule has 1 aliphatic carbocycles. The molecule has 5 heteroatoms. The molecule has 1 fully saturated rings. The van der Waals surface area contributed by atoms with E-state index in [1.54, 1.807) is 11.7 Å². The van der Waals surface area contributed by atoms with Gasteiger partial charge in [-0.25, -0.2) is 0 Å². The molecule has 19 heavy (non-hydrogen) atoms. The van der Waals surface area contributed by atoms with Crippen LogP contribution in [0.4, 0.5) is 0 Å². The highest BCUT2D eigenvalue weighted by Crippen LogP contribution is 2.40. The van der Waals surface area contributed by atoms with E-state index in [1.165, 1.54) is 11.3 Å². The maximum absolute atomic E-state index is 12.1. The molecule has 1 saturated carbocycles. The summed E-state index contributed by atoms with van der Waals surface area (Å²) in [6, 6.07) is 5.97. The molecule has 0 spiro atoms. The number of hydrogen-bond donors (Lipinski definition) is 1. The molecule has 2 heterocycles. The van der Waals surface area contributed by atoms with Crippen molar-refractivity contribution < 1.29 is 4.79 Å². The van der Waals surface area contributed by atoms with Crippen molar-refractivity contribution in [2.45, 2.75) is 25.8 Å². The summed E-state index contributed by atoms with van der Waals surface area (Å²) in [5, 5.41) is 3.09. The molecule has 1 N–H and O–H groups in total.